The van der Waals surface area contributed by atoms with Crippen LogP contribution < -0.4 is 4.74 Å². The number of rotatable bonds is 5. The van der Waals surface area contributed by atoms with Crippen LogP contribution in [0.2, 0.25) is 0 Å². The second-order valence-corrected chi connectivity index (χ2v) is 5.19. The molecule has 118 valence electrons. The van der Waals surface area contributed by atoms with Gasteiger partial charge in [-0.25, -0.2) is 0 Å². The molecule has 1 N–H and O–H groups in total. The Labute approximate surface area is 121 Å². The van der Waals surface area contributed by atoms with E-state index in [9.17, 15) is 18.3 Å². The van der Waals surface area contributed by atoms with Crippen molar-refractivity contribution in [3.05, 3.63) is 29.8 Å². The maximum atomic E-state index is 12.5. The van der Waals surface area contributed by atoms with Crippen molar-refractivity contribution in [2.75, 3.05) is 6.61 Å². The minimum Gasteiger partial charge on any atom is -0.405 e. The Bertz CT molecular complexity index is 467. The van der Waals surface area contributed by atoms with Crippen LogP contribution in [0.4, 0.5) is 13.2 Å². The molecule has 1 aromatic rings. The molecular formula is C15H19F3O3. The average molecular weight is 304 g/mol. The van der Waals surface area contributed by atoms with Gasteiger partial charge < -0.3 is 14.6 Å². The fraction of sp³-hybridized carbons (Fsp3) is 0.600. The van der Waals surface area contributed by atoms with Crippen molar-refractivity contribution in [2.45, 2.75) is 50.7 Å². The van der Waals surface area contributed by atoms with Gasteiger partial charge in [0.25, 0.3) is 0 Å². The first-order valence-corrected chi connectivity index (χ1v) is 7.05. The SMILES string of the molecule is CCOC1(C(O)c2ccccc2OC(F)(F)F)CCCC1. The van der Waals surface area contributed by atoms with E-state index in [1.165, 1.54) is 18.2 Å². The topological polar surface area (TPSA) is 38.7 Å². The Hall–Kier alpha value is -1.27. The summed E-state index contributed by atoms with van der Waals surface area (Å²) >= 11 is 0. The molecule has 0 amide bonds. The van der Waals surface area contributed by atoms with Crippen molar-refractivity contribution in [1.29, 1.82) is 0 Å². The highest BCUT2D eigenvalue weighted by Gasteiger charge is 2.44. The van der Waals surface area contributed by atoms with Crippen LogP contribution in [0, 0.1) is 0 Å². The van der Waals surface area contributed by atoms with Crippen LogP contribution in [0.25, 0.3) is 0 Å². The molecule has 0 aliphatic heterocycles. The second kappa shape index (κ2) is 6.23. The standard InChI is InChI=1S/C15H19F3O3/c1-2-20-14(9-5-6-10-14)13(19)11-7-3-4-8-12(11)21-15(16,17)18/h3-4,7-8,13,19H,2,5-6,9-10H2,1H3. The van der Waals surface area contributed by atoms with E-state index in [4.69, 9.17) is 4.74 Å². The molecule has 1 fully saturated rings. The zero-order chi connectivity index (χ0) is 15.5. The lowest BCUT2D eigenvalue weighted by atomic mass is 9.88. The van der Waals surface area contributed by atoms with Crippen LogP contribution in [0.5, 0.6) is 5.75 Å². The molecule has 2 rings (SSSR count). The van der Waals surface area contributed by atoms with Crippen LogP contribution in [0.1, 0.15) is 44.3 Å². The van der Waals surface area contributed by atoms with Crippen molar-refractivity contribution in [1.82, 2.24) is 0 Å². The van der Waals surface area contributed by atoms with E-state index in [1.807, 2.05) is 6.92 Å². The fourth-order valence-corrected chi connectivity index (χ4v) is 2.97. The predicted molar refractivity (Wildman–Crippen MR) is 70.9 cm³/mol. The number of ether oxygens (including phenoxy) is 2. The maximum Gasteiger partial charge on any atom is 0.573 e. The summed E-state index contributed by atoms with van der Waals surface area (Å²) in [6.45, 7) is 2.21. The first-order valence-electron chi connectivity index (χ1n) is 7.05. The monoisotopic (exact) mass is 304 g/mol. The van der Waals surface area contributed by atoms with E-state index in [0.717, 1.165) is 12.8 Å². The summed E-state index contributed by atoms with van der Waals surface area (Å²) in [5, 5.41) is 10.6. The van der Waals surface area contributed by atoms with Crippen LogP contribution in [0.3, 0.4) is 0 Å². The van der Waals surface area contributed by atoms with Crippen molar-refractivity contribution in [3.8, 4) is 5.75 Å². The third-order valence-corrected chi connectivity index (χ3v) is 3.82. The lowest BCUT2D eigenvalue weighted by Gasteiger charge is -2.35. The molecule has 0 saturated heterocycles. The fourth-order valence-electron chi connectivity index (χ4n) is 2.97. The molecule has 6 heteroatoms. The van der Waals surface area contributed by atoms with Gasteiger partial charge in [0, 0.05) is 12.2 Å². The molecule has 0 bridgehead atoms. The number of aliphatic hydroxyl groups excluding tert-OH is 1. The minimum atomic E-state index is -4.79. The van der Waals surface area contributed by atoms with Crippen molar-refractivity contribution in [3.63, 3.8) is 0 Å². The molecule has 1 atom stereocenters. The number of hydrogen-bond acceptors (Lipinski definition) is 3. The first kappa shape index (κ1) is 16.1. The zero-order valence-corrected chi connectivity index (χ0v) is 11.8. The molecular weight excluding hydrogens is 285 g/mol. The van der Waals surface area contributed by atoms with E-state index < -0.39 is 18.1 Å². The van der Waals surface area contributed by atoms with E-state index in [1.54, 1.807) is 6.07 Å². The second-order valence-electron chi connectivity index (χ2n) is 5.19. The molecule has 3 nitrogen and oxygen atoms in total. The first-order chi connectivity index (χ1) is 9.88. The predicted octanol–water partition coefficient (Wildman–Crippen LogP) is 3.97. The smallest absolute Gasteiger partial charge is 0.405 e. The molecule has 0 spiro atoms. The van der Waals surface area contributed by atoms with Crippen molar-refractivity contribution >= 4 is 0 Å². The number of hydrogen-bond donors (Lipinski definition) is 1. The molecule has 0 heterocycles. The van der Waals surface area contributed by atoms with Gasteiger partial charge in [0.1, 0.15) is 11.9 Å². The van der Waals surface area contributed by atoms with E-state index in [-0.39, 0.29) is 11.3 Å². The van der Waals surface area contributed by atoms with Gasteiger partial charge in [0.2, 0.25) is 0 Å². The normalized spacial score (nSPS) is 19.5. The largest absolute Gasteiger partial charge is 0.573 e. The summed E-state index contributed by atoms with van der Waals surface area (Å²) in [6, 6.07) is 5.68. The summed E-state index contributed by atoms with van der Waals surface area (Å²) in [7, 11) is 0. The van der Waals surface area contributed by atoms with Crippen LogP contribution in [-0.2, 0) is 4.74 Å². The molecule has 1 saturated carbocycles. The third-order valence-electron chi connectivity index (χ3n) is 3.82. The van der Waals surface area contributed by atoms with Gasteiger partial charge in [0.15, 0.2) is 0 Å². The molecule has 1 unspecified atom stereocenters. The van der Waals surface area contributed by atoms with Gasteiger partial charge in [-0.05, 0) is 25.8 Å². The van der Waals surface area contributed by atoms with Crippen molar-refractivity contribution in [2.24, 2.45) is 0 Å². The highest BCUT2D eigenvalue weighted by atomic mass is 19.4. The quantitative estimate of drug-likeness (QED) is 0.894. The van der Waals surface area contributed by atoms with Crippen LogP contribution >= 0.6 is 0 Å². The summed E-state index contributed by atoms with van der Waals surface area (Å²) in [5.41, 5.74) is -0.704. The van der Waals surface area contributed by atoms with Gasteiger partial charge in [-0.2, -0.15) is 0 Å². The summed E-state index contributed by atoms with van der Waals surface area (Å²) in [6.07, 6.45) is -2.90. The molecule has 1 aliphatic rings. The zero-order valence-electron chi connectivity index (χ0n) is 11.8. The Balaban J connectivity index is 2.31. The lowest BCUT2D eigenvalue weighted by Crippen LogP contribution is -2.37. The minimum absolute atomic E-state index is 0.116. The third kappa shape index (κ3) is 3.68. The maximum absolute atomic E-state index is 12.5. The number of benzene rings is 1. The summed E-state index contributed by atoms with van der Waals surface area (Å²) in [4.78, 5) is 0. The number of aliphatic hydroxyl groups is 1. The van der Waals surface area contributed by atoms with Gasteiger partial charge in [-0.15, -0.1) is 13.2 Å². The highest BCUT2D eigenvalue weighted by Crippen LogP contribution is 2.45. The summed E-state index contributed by atoms with van der Waals surface area (Å²) in [5.74, 6) is -0.372. The Morgan fingerprint density at radius 3 is 2.43 bits per heavy atom. The lowest BCUT2D eigenvalue weighted by molar-refractivity contribution is -0.275. The van der Waals surface area contributed by atoms with E-state index >= 15 is 0 Å². The van der Waals surface area contributed by atoms with E-state index in [2.05, 4.69) is 4.74 Å². The van der Waals surface area contributed by atoms with Crippen LogP contribution in [0.15, 0.2) is 24.3 Å². The van der Waals surface area contributed by atoms with Gasteiger partial charge in [0.05, 0.1) is 5.60 Å². The van der Waals surface area contributed by atoms with Gasteiger partial charge in [-0.1, -0.05) is 31.0 Å². The Morgan fingerprint density at radius 2 is 1.86 bits per heavy atom. The average Bonchev–Trinajstić information content (AvgIpc) is 2.87. The Morgan fingerprint density at radius 1 is 1.24 bits per heavy atom. The molecule has 0 aromatic heterocycles. The summed E-state index contributed by atoms with van der Waals surface area (Å²) < 4.78 is 47.1. The highest BCUT2D eigenvalue weighted by molar-refractivity contribution is 5.37. The van der Waals surface area contributed by atoms with Gasteiger partial charge in [-0.3, -0.25) is 0 Å². The van der Waals surface area contributed by atoms with Crippen molar-refractivity contribution < 1.29 is 27.8 Å². The van der Waals surface area contributed by atoms with E-state index in [0.29, 0.717) is 19.4 Å². The molecule has 21 heavy (non-hydrogen) atoms. The number of alkyl halides is 3. The number of halogens is 3. The number of para-hydroxylation sites is 1. The molecule has 0 radical (unpaired) electrons. The molecule has 1 aromatic carbocycles. The molecule has 1 aliphatic carbocycles. The Kier molecular flexibility index (Phi) is 4.78. The van der Waals surface area contributed by atoms with Crippen LogP contribution in [-0.4, -0.2) is 23.7 Å². The van der Waals surface area contributed by atoms with Gasteiger partial charge >= 0.3 is 6.36 Å².